The van der Waals surface area contributed by atoms with Gasteiger partial charge in [0.25, 0.3) is 0 Å². The summed E-state index contributed by atoms with van der Waals surface area (Å²) in [4.78, 5) is 4.37. The van der Waals surface area contributed by atoms with Crippen molar-refractivity contribution in [3.63, 3.8) is 0 Å². The van der Waals surface area contributed by atoms with Gasteiger partial charge in [0.05, 0.1) is 5.75 Å². The van der Waals surface area contributed by atoms with Crippen LogP contribution in [-0.4, -0.2) is 30.3 Å². The lowest BCUT2D eigenvalue weighted by atomic mass is 10.4. The Kier molecular flexibility index (Phi) is 4.07. The molecule has 18 heavy (non-hydrogen) atoms. The van der Waals surface area contributed by atoms with Crippen LogP contribution in [0.15, 0.2) is 6.20 Å². The van der Waals surface area contributed by atoms with Crippen molar-refractivity contribution in [2.24, 2.45) is 0 Å². The summed E-state index contributed by atoms with van der Waals surface area (Å²) in [5.41, 5.74) is 1.17. The maximum atomic E-state index is 11.5. The normalized spacial score (nSPS) is 16.1. The zero-order valence-corrected chi connectivity index (χ0v) is 11.8. The minimum atomic E-state index is -3.10. The second-order valence-corrected chi connectivity index (χ2v) is 6.81. The first-order valence-corrected chi connectivity index (χ1v) is 8.19. The first-order chi connectivity index (χ1) is 8.53. The summed E-state index contributed by atoms with van der Waals surface area (Å²) in [6, 6.07) is 0.592. The van der Waals surface area contributed by atoms with E-state index < -0.39 is 10.0 Å². The number of rotatable bonds is 7. The summed E-state index contributed by atoms with van der Waals surface area (Å²) in [5, 5.41) is 0. The highest BCUT2D eigenvalue weighted by atomic mass is 32.2. The summed E-state index contributed by atoms with van der Waals surface area (Å²) < 4.78 is 27.9. The summed E-state index contributed by atoms with van der Waals surface area (Å²) in [6.45, 7) is 4.35. The Labute approximate surface area is 109 Å². The highest BCUT2D eigenvalue weighted by molar-refractivity contribution is 7.89. The molecular formula is C12H21N3O2S. The van der Waals surface area contributed by atoms with Gasteiger partial charge < -0.3 is 4.57 Å². The molecule has 1 fully saturated rings. The molecule has 1 aromatic rings. The minimum absolute atomic E-state index is 0.198. The molecular weight excluding hydrogens is 250 g/mol. The molecule has 0 amide bonds. The third-order valence-corrected chi connectivity index (χ3v) is 4.70. The highest BCUT2D eigenvalue weighted by Crippen LogP contribution is 2.36. The Morgan fingerprint density at radius 1 is 1.50 bits per heavy atom. The van der Waals surface area contributed by atoms with Crippen molar-refractivity contribution in [1.29, 1.82) is 0 Å². The van der Waals surface area contributed by atoms with E-state index in [9.17, 15) is 8.42 Å². The molecule has 1 aromatic heterocycles. The fourth-order valence-corrected chi connectivity index (χ4v) is 3.27. The number of nitrogens with one attached hydrogen (secondary N) is 1. The molecule has 1 N–H and O–H groups in total. The predicted octanol–water partition coefficient (Wildman–Crippen LogP) is 1.40. The first kappa shape index (κ1) is 13.5. The van der Waals surface area contributed by atoms with Crippen LogP contribution >= 0.6 is 0 Å². The molecule has 0 aromatic carbocycles. The molecule has 1 aliphatic carbocycles. The molecule has 0 aliphatic heterocycles. The van der Waals surface area contributed by atoms with Gasteiger partial charge in [0.1, 0.15) is 5.82 Å². The lowest BCUT2D eigenvalue weighted by Gasteiger charge is -2.09. The third kappa shape index (κ3) is 3.32. The highest BCUT2D eigenvalue weighted by Gasteiger charge is 2.27. The molecule has 1 aliphatic rings. The Morgan fingerprint density at radius 2 is 2.22 bits per heavy atom. The van der Waals surface area contributed by atoms with E-state index in [4.69, 9.17) is 0 Å². The summed E-state index contributed by atoms with van der Waals surface area (Å²) in [7, 11) is -3.10. The molecule has 0 spiro atoms. The Balaban J connectivity index is 1.91. The smallest absolute Gasteiger partial charge is 0.211 e. The molecule has 5 nitrogen and oxygen atoms in total. The minimum Gasteiger partial charge on any atom is -0.329 e. The van der Waals surface area contributed by atoms with E-state index in [0.717, 1.165) is 5.82 Å². The summed E-state index contributed by atoms with van der Waals surface area (Å²) >= 11 is 0. The van der Waals surface area contributed by atoms with Gasteiger partial charge in [0.15, 0.2) is 0 Å². The molecule has 0 saturated heterocycles. The van der Waals surface area contributed by atoms with Crippen LogP contribution in [0.3, 0.4) is 0 Å². The monoisotopic (exact) mass is 271 g/mol. The zero-order chi connectivity index (χ0) is 13.2. The average Bonchev–Trinajstić information content (AvgIpc) is 3.04. The van der Waals surface area contributed by atoms with Crippen molar-refractivity contribution in [1.82, 2.24) is 14.3 Å². The van der Waals surface area contributed by atoms with E-state index in [2.05, 4.69) is 21.2 Å². The lowest BCUT2D eigenvalue weighted by molar-refractivity contribution is 0.577. The Bertz CT molecular complexity index is 503. The molecule has 1 saturated carbocycles. The summed E-state index contributed by atoms with van der Waals surface area (Å²) in [5.74, 6) is 1.19. The molecule has 0 radical (unpaired) electrons. The molecule has 2 rings (SSSR count). The summed E-state index contributed by atoms with van der Waals surface area (Å²) in [6.07, 6.45) is 5.60. The van der Waals surface area contributed by atoms with Gasteiger partial charge in [-0.05, 0) is 26.2 Å². The van der Waals surface area contributed by atoms with E-state index in [0.29, 0.717) is 25.4 Å². The van der Waals surface area contributed by atoms with Crippen molar-refractivity contribution >= 4 is 10.0 Å². The van der Waals surface area contributed by atoms with Gasteiger partial charge in [0, 0.05) is 30.9 Å². The van der Waals surface area contributed by atoms with Crippen molar-refractivity contribution < 1.29 is 8.42 Å². The van der Waals surface area contributed by atoms with Crippen LogP contribution in [0.1, 0.15) is 43.7 Å². The molecule has 1 heterocycles. The van der Waals surface area contributed by atoms with Crippen molar-refractivity contribution in [2.75, 3.05) is 12.3 Å². The number of nitrogens with zero attached hydrogens (tertiary/aromatic N) is 2. The fraction of sp³-hybridized carbons (Fsp3) is 0.750. The van der Waals surface area contributed by atoms with Gasteiger partial charge in [-0.25, -0.2) is 18.1 Å². The van der Waals surface area contributed by atoms with Crippen LogP contribution in [0.25, 0.3) is 0 Å². The quantitative estimate of drug-likeness (QED) is 0.815. The van der Waals surface area contributed by atoms with Crippen LogP contribution in [0.4, 0.5) is 0 Å². The largest absolute Gasteiger partial charge is 0.329 e. The van der Waals surface area contributed by atoms with E-state index in [-0.39, 0.29) is 5.75 Å². The van der Waals surface area contributed by atoms with Crippen LogP contribution in [0, 0.1) is 6.92 Å². The average molecular weight is 271 g/mol. The van der Waals surface area contributed by atoms with Gasteiger partial charge in [-0.1, -0.05) is 6.92 Å². The number of aryl methyl sites for hydroxylation is 1. The molecule has 6 heteroatoms. The second-order valence-electron chi connectivity index (χ2n) is 4.88. The number of hydrogen-bond acceptors (Lipinski definition) is 3. The van der Waals surface area contributed by atoms with Crippen LogP contribution < -0.4 is 4.72 Å². The van der Waals surface area contributed by atoms with E-state index in [1.54, 1.807) is 0 Å². The van der Waals surface area contributed by atoms with Crippen LogP contribution in [-0.2, 0) is 16.4 Å². The van der Waals surface area contributed by atoms with Crippen LogP contribution in [0.2, 0.25) is 0 Å². The Hall–Kier alpha value is -0.880. The van der Waals surface area contributed by atoms with E-state index in [1.807, 2.05) is 13.1 Å². The number of sulfonamides is 1. The van der Waals surface area contributed by atoms with Gasteiger partial charge in [0.2, 0.25) is 10.0 Å². The number of hydrogen-bond donors (Lipinski definition) is 1. The fourth-order valence-electron chi connectivity index (χ4n) is 2.17. The third-order valence-electron chi connectivity index (χ3n) is 3.11. The lowest BCUT2D eigenvalue weighted by Crippen LogP contribution is -2.28. The molecule has 102 valence electrons. The van der Waals surface area contributed by atoms with Gasteiger partial charge in [-0.3, -0.25) is 0 Å². The standard InChI is InChI=1S/C12H21N3O2S/c1-3-8-18(16,17)14-7-6-12-13-9-10(2)15(12)11-4-5-11/h9,11,14H,3-8H2,1-2H3. The molecule has 0 bridgehead atoms. The Morgan fingerprint density at radius 3 is 2.83 bits per heavy atom. The van der Waals surface area contributed by atoms with Crippen molar-refractivity contribution in [2.45, 2.75) is 45.6 Å². The van der Waals surface area contributed by atoms with Gasteiger partial charge in [-0.15, -0.1) is 0 Å². The molecule has 0 atom stereocenters. The zero-order valence-electron chi connectivity index (χ0n) is 11.0. The maximum Gasteiger partial charge on any atom is 0.211 e. The predicted molar refractivity (Wildman–Crippen MR) is 71.0 cm³/mol. The maximum absolute atomic E-state index is 11.5. The second kappa shape index (κ2) is 5.40. The van der Waals surface area contributed by atoms with Gasteiger partial charge in [-0.2, -0.15) is 0 Å². The van der Waals surface area contributed by atoms with E-state index in [1.165, 1.54) is 18.5 Å². The number of imidazole rings is 1. The first-order valence-electron chi connectivity index (χ1n) is 6.53. The van der Waals surface area contributed by atoms with Crippen molar-refractivity contribution in [3.8, 4) is 0 Å². The van der Waals surface area contributed by atoms with Crippen LogP contribution in [0.5, 0.6) is 0 Å². The molecule has 0 unspecified atom stereocenters. The van der Waals surface area contributed by atoms with E-state index >= 15 is 0 Å². The topological polar surface area (TPSA) is 64.0 Å². The van der Waals surface area contributed by atoms with Gasteiger partial charge >= 0.3 is 0 Å². The number of aromatic nitrogens is 2. The SMILES string of the molecule is CCCS(=O)(=O)NCCc1ncc(C)n1C1CC1. The van der Waals surface area contributed by atoms with Crippen molar-refractivity contribution in [3.05, 3.63) is 17.7 Å².